The van der Waals surface area contributed by atoms with Crippen LogP contribution >= 0.6 is 0 Å². The molecule has 1 saturated heterocycles. The highest BCUT2D eigenvalue weighted by atomic mass is 16.5. The summed E-state index contributed by atoms with van der Waals surface area (Å²) >= 11 is 0. The third-order valence-electron chi connectivity index (χ3n) is 5.00. The van der Waals surface area contributed by atoms with E-state index < -0.39 is 5.97 Å². The van der Waals surface area contributed by atoms with Crippen molar-refractivity contribution in [3.63, 3.8) is 0 Å². The largest absolute Gasteiger partial charge is 0.478 e. The van der Waals surface area contributed by atoms with Gasteiger partial charge in [0.25, 0.3) is 0 Å². The Morgan fingerprint density at radius 3 is 2.61 bits per heavy atom. The Bertz CT molecular complexity index is 942. The summed E-state index contributed by atoms with van der Waals surface area (Å²) in [5.41, 5.74) is 4.13. The number of carboxylic acids is 1. The van der Waals surface area contributed by atoms with Crippen LogP contribution in [0, 0.1) is 0 Å². The first kappa shape index (κ1) is 18.3. The van der Waals surface area contributed by atoms with E-state index in [1.807, 2.05) is 42.5 Å². The third-order valence-corrected chi connectivity index (χ3v) is 5.00. The van der Waals surface area contributed by atoms with Gasteiger partial charge in [0.2, 0.25) is 0 Å². The van der Waals surface area contributed by atoms with Crippen molar-refractivity contribution in [2.24, 2.45) is 0 Å². The van der Waals surface area contributed by atoms with Crippen LogP contribution in [0.2, 0.25) is 0 Å². The maximum atomic E-state index is 11.4. The van der Waals surface area contributed by atoms with E-state index in [1.165, 1.54) is 5.56 Å². The predicted octanol–water partition coefficient (Wildman–Crippen LogP) is 4.02. The first-order chi connectivity index (χ1) is 13.7. The van der Waals surface area contributed by atoms with Crippen molar-refractivity contribution in [3.8, 4) is 11.1 Å². The number of carbonyl (C=O) groups is 1. The van der Waals surface area contributed by atoms with Gasteiger partial charge in [-0.25, -0.2) is 4.79 Å². The molecule has 0 unspecified atom stereocenters. The standard InChI is InChI=1S/C23H22N2O3/c26-23(27)20-6-2-1-5-19(20)18-10-8-17(9-11-18)15-25-13-14-28-22(16-25)21-7-3-4-12-24-21/h1-12,22H,13-16H2,(H,26,27)/t22-/m1/s1. The van der Waals surface area contributed by atoms with Crippen LogP contribution in [0.1, 0.15) is 27.7 Å². The van der Waals surface area contributed by atoms with Crippen molar-refractivity contribution in [1.29, 1.82) is 0 Å². The number of ether oxygens (including phenoxy) is 1. The maximum Gasteiger partial charge on any atom is 0.336 e. The molecule has 5 heteroatoms. The predicted molar refractivity (Wildman–Crippen MR) is 107 cm³/mol. The van der Waals surface area contributed by atoms with Crippen LogP contribution in [-0.4, -0.2) is 40.7 Å². The monoisotopic (exact) mass is 374 g/mol. The fourth-order valence-electron chi connectivity index (χ4n) is 3.56. The summed E-state index contributed by atoms with van der Waals surface area (Å²) in [5.74, 6) is -0.909. The van der Waals surface area contributed by atoms with Gasteiger partial charge in [-0.15, -0.1) is 0 Å². The lowest BCUT2D eigenvalue weighted by molar-refractivity contribution is -0.0349. The molecule has 142 valence electrons. The molecule has 4 rings (SSSR count). The summed E-state index contributed by atoms with van der Waals surface area (Å²) in [5, 5.41) is 9.39. The molecular formula is C23H22N2O3. The molecule has 1 aliphatic heterocycles. The van der Waals surface area contributed by atoms with Crippen LogP contribution in [0.4, 0.5) is 0 Å². The molecule has 2 aromatic carbocycles. The number of hydrogen-bond acceptors (Lipinski definition) is 4. The molecule has 1 aromatic heterocycles. The van der Waals surface area contributed by atoms with Crippen molar-refractivity contribution < 1.29 is 14.6 Å². The second kappa shape index (κ2) is 8.33. The molecule has 28 heavy (non-hydrogen) atoms. The summed E-state index contributed by atoms with van der Waals surface area (Å²) in [6.45, 7) is 3.20. The van der Waals surface area contributed by atoms with Crippen LogP contribution < -0.4 is 0 Å². The first-order valence-electron chi connectivity index (χ1n) is 9.37. The van der Waals surface area contributed by atoms with Gasteiger partial charge in [0.15, 0.2) is 0 Å². The van der Waals surface area contributed by atoms with Crippen molar-refractivity contribution in [1.82, 2.24) is 9.88 Å². The quantitative estimate of drug-likeness (QED) is 0.731. The summed E-state index contributed by atoms with van der Waals surface area (Å²) in [4.78, 5) is 18.2. The van der Waals surface area contributed by atoms with E-state index in [9.17, 15) is 9.90 Å². The molecule has 0 amide bonds. The molecule has 1 atom stereocenters. The van der Waals surface area contributed by atoms with Gasteiger partial charge in [0.05, 0.1) is 17.9 Å². The van der Waals surface area contributed by atoms with Gasteiger partial charge in [-0.05, 0) is 34.9 Å². The van der Waals surface area contributed by atoms with Gasteiger partial charge >= 0.3 is 5.97 Å². The Labute approximate surface area is 164 Å². The van der Waals surface area contributed by atoms with Crippen molar-refractivity contribution in [2.45, 2.75) is 12.6 Å². The van der Waals surface area contributed by atoms with Gasteiger partial charge in [0.1, 0.15) is 6.10 Å². The highest BCUT2D eigenvalue weighted by Gasteiger charge is 2.22. The van der Waals surface area contributed by atoms with E-state index in [0.717, 1.165) is 36.5 Å². The van der Waals surface area contributed by atoms with E-state index >= 15 is 0 Å². The number of carboxylic acid groups (broad SMARTS) is 1. The topological polar surface area (TPSA) is 62.7 Å². The number of aromatic carboxylic acids is 1. The lowest BCUT2D eigenvalue weighted by atomic mass is 9.98. The molecule has 0 radical (unpaired) electrons. The molecule has 0 spiro atoms. The molecule has 0 saturated carbocycles. The maximum absolute atomic E-state index is 11.4. The van der Waals surface area contributed by atoms with E-state index in [2.05, 4.69) is 22.0 Å². The summed E-state index contributed by atoms with van der Waals surface area (Å²) in [6, 6.07) is 21.1. The third kappa shape index (κ3) is 4.11. The van der Waals surface area contributed by atoms with E-state index in [-0.39, 0.29) is 6.10 Å². The highest BCUT2D eigenvalue weighted by molar-refractivity contribution is 5.95. The summed E-state index contributed by atoms with van der Waals surface area (Å²) < 4.78 is 5.88. The number of pyridine rings is 1. The van der Waals surface area contributed by atoms with Gasteiger partial charge in [-0.3, -0.25) is 9.88 Å². The Morgan fingerprint density at radius 1 is 1.07 bits per heavy atom. The minimum absolute atomic E-state index is 0.00309. The molecule has 2 heterocycles. The summed E-state index contributed by atoms with van der Waals surface area (Å²) in [7, 11) is 0. The first-order valence-corrected chi connectivity index (χ1v) is 9.37. The molecule has 1 N–H and O–H groups in total. The fourth-order valence-corrected chi connectivity index (χ4v) is 3.56. The van der Waals surface area contributed by atoms with Crippen molar-refractivity contribution in [3.05, 3.63) is 89.7 Å². The Kier molecular flexibility index (Phi) is 5.46. The second-order valence-electron chi connectivity index (χ2n) is 6.90. The minimum Gasteiger partial charge on any atom is -0.478 e. The number of morpholine rings is 1. The Morgan fingerprint density at radius 2 is 1.86 bits per heavy atom. The molecular weight excluding hydrogens is 352 g/mol. The zero-order chi connectivity index (χ0) is 19.3. The van der Waals surface area contributed by atoms with Crippen LogP contribution in [-0.2, 0) is 11.3 Å². The molecule has 0 aliphatic carbocycles. The highest BCUT2D eigenvalue weighted by Crippen LogP contribution is 2.25. The van der Waals surface area contributed by atoms with E-state index in [0.29, 0.717) is 12.2 Å². The van der Waals surface area contributed by atoms with E-state index in [4.69, 9.17) is 4.74 Å². The van der Waals surface area contributed by atoms with Crippen molar-refractivity contribution >= 4 is 5.97 Å². The molecule has 0 bridgehead atoms. The van der Waals surface area contributed by atoms with Crippen molar-refractivity contribution in [2.75, 3.05) is 19.7 Å². The second-order valence-corrected chi connectivity index (χ2v) is 6.90. The average Bonchev–Trinajstić information content (AvgIpc) is 2.75. The van der Waals surface area contributed by atoms with Crippen LogP contribution in [0.15, 0.2) is 72.9 Å². The van der Waals surface area contributed by atoms with Crippen LogP contribution in [0.3, 0.4) is 0 Å². The average molecular weight is 374 g/mol. The normalized spacial score (nSPS) is 17.4. The van der Waals surface area contributed by atoms with Crippen LogP contribution in [0.5, 0.6) is 0 Å². The molecule has 1 fully saturated rings. The number of aromatic nitrogens is 1. The van der Waals surface area contributed by atoms with Gasteiger partial charge in [-0.1, -0.05) is 48.5 Å². The number of benzene rings is 2. The Hall–Kier alpha value is -3.02. The Balaban J connectivity index is 1.46. The van der Waals surface area contributed by atoms with Gasteiger partial charge in [-0.2, -0.15) is 0 Å². The van der Waals surface area contributed by atoms with Crippen LogP contribution in [0.25, 0.3) is 11.1 Å². The van der Waals surface area contributed by atoms with E-state index in [1.54, 1.807) is 18.3 Å². The number of nitrogens with zero attached hydrogens (tertiary/aromatic N) is 2. The molecule has 3 aromatic rings. The molecule has 5 nitrogen and oxygen atoms in total. The lowest BCUT2D eigenvalue weighted by Gasteiger charge is -2.32. The summed E-state index contributed by atoms with van der Waals surface area (Å²) in [6.07, 6.45) is 1.79. The fraction of sp³-hybridized carbons (Fsp3) is 0.217. The lowest BCUT2D eigenvalue weighted by Crippen LogP contribution is -2.38. The minimum atomic E-state index is -0.909. The SMILES string of the molecule is O=C(O)c1ccccc1-c1ccc(CN2CCO[C@@H](c3ccccn3)C2)cc1. The zero-order valence-electron chi connectivity index (χ0n) is 15.5. The number of rotatable bonds is 5. The molecule has 1 aliphatic rings. The zero-order valence-corrected chi connectivity index (χ0v) is 15.5. The smallest absolute Gasteiger partial charge is 0.336 e. The van der Waals surface area contributed by atoms with Gasteiger partial charge in [0, 0.05) is 25.8 Å². The van der Waals surface area contributed by atoms with Gasteiger partial charge < -0.3 is 9.84 Å². The number of hydrogen-bond donors (Lipinski definition) is 1.